The Hall–Kier alpha value is -2.87. The zero-order valence-electron chi connectivity index (χ0n) is 17.9. The van der Waals surface area contributed by atoms with Gasteiger partial charge in [-0.15, -0.1) is 0 Å². The van der Waals surface area contributed by atoms with Gasteiger partial charge in [-0.1, -0.05) is 25.1 Å². The summed E-state index contributed by atoms with van der Waals surface area (Å²) < 4.78 is 10.8. The minimum atomic E-state index is -0.914. The fourth-order valence-corrected chi connectivity index (χ4v) is 4.02. The largest absolute Gasteiger partial charge is 0.493 e. The number of rotatable bonds is 8. The highest BCUT2D eigenvalue weighted by Gasteiger charge is 2.44. The molecule has 164 valence electrons. The van der Waals surface area contributed by atoms with Crippen LogP contribution in [0.3, 0.4) is 0 Å². The minimum absolute atomic E-state index is 0.342. The first-order chi connectivity index (χ1) is 14.9. The highest BCUT2D eigenvalue weighted by molar-refractivity contribution is 8.15. The molecule has 0 N–H and O–H groups in total. The molecule has 0 radical (unpaired) electrons. The first kappa shape index (κ1) is 22.8. The summed E-state index contributed by atoms with van der Waals surface area (Å²) in [6, 6.07) is 11.5. The lowest BCUT2D eigenvalue weighted by Gasteiger charge is -2.14. The zero-order chi connectivity index (χ0) is 22.4. The van der Waals surface area contributed by atoms with Crippen molar-refractivity contribution in [2.75, 3.05) is 6.61 Å². The van der Waals surface area contributed by atoms with Crippen molar-refractivity contribution < 1.29 is 23.9 Å². The van der Waals surface area contributed by atoms with Crippen LogP contribution in [0.1, 0.15) is 37.6 Å². The number of amides is 3. The van der Waals surface area contributed by atoms with Crippen LogP contribution >= 0.6 is 11.8 Å². The lowest BCUT2D eigenvalue weighted by atomic mass is 10.1. The standard InChI is InChI=1S/C23H26N2O5S/c1-4-16-5-8-18(24-14-16)11-12-29-19-9-6-17(7-10-19)13-20-21(26)25(23(28)31-20)22(27)30-15(2)3/h5-10,14-15,20H,4,11-13H2,1-3H3. The molecule has 1 aromatic carbocycles. The van der Waals surface area contributed by atoms with Gasteiger partial charge in [-0.3, -0.25) is 14.6 Å². The van der Waals surface area contributed by atoms with Gasteiger partial charge in [0.25, 0.3) is 11.1 Å². The van der Waals surface area contributed by atoms with E-state index in [1.165, 1.54) is 5.56 Å². The molecule has 1 aromatic heterocycles. The van der Waals surface area contributed by atoms with Crippen LogP contribution in [0.4, 0.5) is 9.59 Å². The molecule has 0 spiro atoms. The summed E-state index contributed by atoms with van der Waals surface area (Å²) in [6.45, 7) is 5.93. The number of aryl methyl sites for hydroxylation is 1. The predicted octanol–water partition coefficient (Wildman–Crippen LogP) is 4.42. The van der Waals surface area contributed by atoms with E-state index in [9.17, 15) is 14.4 Å². The monoisotopic (exact) mass is 442 g/mol. The summed E-state index contributed by atoms with van der Waals surface area (Å²) in [7, 11) is 0. The van der Waals surface area contributed by atoms with E-state index in [1.54, 1.807) is 13.8 Å². The molecule has 3 amide bonds. The van der Waals surface area contributed by atoms with Gasteiger partial charge >= 0.3 is 6.09 Å². The van der Waals surface area contributed by atoms with Crippen molar-refractivity contribution >= 4 is 29.0 Å². The lowest BCUT2D eigenvalue weighted by Crippen LogP contribution is -2.39. The SMILES string of the molecule is CCc1ccc(CCOc2ccc(CC3SC(=O)N(C(=O)OC(C)C)C3=O)cc2)nc1. The van der Waals surface area contributed by atoms with Gasteiger partial charge in [0, 0.05) is 18.3 Å². The molecule has 1 aliphatic heterocycles. The summed E-state index contributed by atoms with van der Waals surface area (Å²) in [5, 5.41) is -1.24. The maximum absolute atomic E-state index is 12.5. The molecular weight excluding hydrogens is 416 g/mol. The number of hydrogen-bond acceptors (Lipinski definition) is 7. The fourth-order valence-electron chi connectivity index (χ4n) is 3.03. The fraction of sp³-hybridized carbons (Fsp3) is 0.391. The maximum Gasteiger partial charge on any atom is 0.424 e. The molecule has 1 aliphatic rings. The number of thioether (sulfide) groups is 1. The van der Waals surface area contributed by atoms with Crippen LogP contribution in [-0.4, -0.2) is 45.1 Å². The molecule has 1 unspecified atom stereocenters. The number of hydrogen-bond donors (Lipinski definition) is 0. The number of benzene rings is 1. The van der Waals surface area contributed by atoms with Crippen molar-refractivity contribution in [3.63, 3.8) is 0 Å². The second-order valence-corrected chi connectivity index (χ2v) is 8.59. The number of carbonyl (C=O) groups is 3. The summed E-state index contributed by atoms with van der Waals surface area (Å²) in [5.41, 5.74) is 3.07. The van der Waals surface area contributed by atoms with Crippen molar-refractivity contribution in [2.45, 2.75) is 51.4 Å². The molecule has 1 fully saturated rings. The zero-order valence-corrected chi connectivity index (χ0v) is 18.7. The van der Waals surface area contributed by atoms with Gasteiger partial charge in [-0.25, -0.2) is 4.79 Å². The Morgan fingerprint density at radius 1 is 1.13 bits per heavy atom. The molecule has 31 heavy (non-hydrogen) atoms. The Labute approximate surface area is 186 Å². The van der Waals surface area contributed by atoms with Crippen molar-refractivity contribution in [1.29, 1.82) is 0 Å². The average Bonchev–Trinajstić information content (AvgIpc) is 3.02. The third-order valence-electron chi connectivity index (χ3n) is 4.71. The van der Waals surface area contributed by atoms with Crippen LogP contribution in [-0.2, 0) is 28.8 Å². The first-order valence-electron chi connectivity index (χ1n) is 10.3. The van der Waals surface area contributed by atoms with Gasteiger partial charge in [0.05, 0.1) is 18.0 Å². The van der Waals surface area contributed by atoms with Crippen LogP contribution in [0.25, 0.3) is 0 Å². The van der Waals surface area contributed by atoms with E-state index in [2.05, 4.69) is 18.0 Å². The number of carbonyl (C=O) groups excluding carboxylic acids is 3. The molecule has 0 aliphatic carbocycles. The van der Waals surface area contributed by atoms with Crippen molar-refractivity contribution in [3.8, 4) is 5.75 Å². The van der Waals surface area contributed by atoms with Crippen LogP contribution < -0.4 is 4.74 Å². The van der Waals surface area contributed by atoms with Gasteiger partial charge in [-0.05, 0) is 67.8 Å². The van der Waals surface area contributed by atoms with E-state index in [0.717, 1.165) is 35.2 Å². The van der Waals surface area contributed by atoms with Gasteiger partial charge in [0.1, 0.15) is 5.75 Å². The average molecular weight is 443 g/mol. The smallest absolute Gasteiger partial charge is 0.424 e. The normalized spacial score (nSPS) is 16.1. The minimum Gasteiger partial charge on any atom is -0.493 e. The molecule has 3 rings (SSSR count). The van der Waals surface area contributed by atoms with Crippen LogP contribution in [0.5, 0.6) is 5.75 Å². The highest BCUT2D eigenvalue weighted by atomic mass is 32.2. The van der Waals surface area contributed by atoms with E-state index < -0.39 is 28.6 Å². The van der Waals surface area contributed by atoms with E-state index in [0.29, 0.717) is 24.3 Å². The number of aromatic nitrogens is 1. The number of ether oxygens (including phenoxy) is 2. The van der Waals surface area contributed by atoms with Crippen molar-refractivity contribution in [1.82, 2.24) is 9.88 Å². The molecule has 1 saturated heterocycles. The second-order valence-electron chi connectivity index (χ2n) is 7.44. The molecule has 1 atom stereocenters. The lowest BCUT2D eigenvalue weighted by molar-refractivity contribution is -0.125. The van der Waals surface area contributed by atoms with Crippen molar-refractivity contribution in [3.05, 3.63) is 59.4 Å². The maximum atomic E-state index is 12.5. The molecule has 2 heterocycles. The molecule has 2 aromatic rings. The third kappa shape index (κ3) is 6.07. The summed E-state index contributed by atoms with van der Waals surface area (Å²) in [6.07, 6.45) is 2.59. The Morgan fingerprint density at radius 3 is 2.45 bits per heavy atom. The second kappa shape index (κ2) is 10.4. The Morgan fingerprint density at radius 2 is 1.84 bits per heavy atom. The van der Waals surface area contributed by atoms with E-state index in [4.69, 9.17) is 9.47 Å². The van der Waals surface area contributed by atoms with E-state index in [1.807, 2.05) is 36.5 Å². The third-order valence-corrected chi connectivity index (χ3v) is 5.74. The van der Waals surface area contributed by atoms with Gasteiger partial charge in [0.2, 0.25) is 0 Å². The highest BCUT2D eigenvalue weighted by Crippen LogP contribution is 2.30. The molecule has 0 saturated carbocycles. The first-order valence-corrected chi connectivity index (χ1v) is 11.2. The quantitative estimate of drug-likeness (QED) is 0.598. The van der Waals surface area contributed by atoms with Gasteiger partial charge in [-0.2, -0.15) is 4.90 Å². The molecule has 8 heteroatoms. The van der Waals surface area contributed by atoms with E-state index in [-0.39, 0.29) is 0 Å². The Bertz CT molecular complexity index is 928. The number of nitrogens with zero attached hydrogens (tertiary/aromatic N) is 2. The van der Waals surface area contributed by atoms with Gasteiger partial charge in [0.15, 0.2) is 0 Å². The van der Waals surface area contributed by atoms with Crippen LogP contribution in [0.15, 0.2) is 42.6 Å². The van der Waals surface area contributed by atoms with E-state index >= 15 is 0 Å². The topological polar surface area (TPSA) is 85.8 Å². The summed E-state index contributed by atoms with van der Waals surface area (Å²) >= 11 is 0.849. The molecule has 0 bridgehead atoms. The molecular formula is C23H26N2O5S. The van der Waals surface area contributed by atoms with Crippen molar-refractivity contribution in [2.24, 2.45) is 0 Å². The van der Waals surface area contributed by atoms with Crippen LogP contribution in [0.2, 0.25) is 0 Å². The Kier molecular flexibility index (Phi) is 7.68. The number of pyridine rings is 1. The summed E-state index contributed by atoms with van der Waals surface area (Å²) in [5.74, 6) is 0.181. The predicted molar refractivity (Wildman–Crippen MR) is 118 cm³/mol. The van der Waals surface area contributed by atoms with Gasteiger partial charge < -0.3 is 9.47 Å². The summed E-state index contributed by atoms with van der Waals surface area (Å²) in [4.78, 5) is 41.5. The Balaban J connectivity index is 1.50. The molecule has 7 nitrogen and oxygen atoms in total. The number of imide groups is 3. The van der Waals surface area contributed by atoms with Crippen LogP contribution in [0, 0.1) is 0 Å².